The van der Waals surface area contributed by atoms with Crippen LogP contribution in [0.25, 0.3) is 0 Å². The first-order chi connectivity index (χ1) is 8.78. The summed E-state index contributed by atoms with van der Waals surface area (Å²) in [6, 6.07) is 15.9. The molecule has 0 radical (unpaired) electrons. The van der Waals surface area contributed by atoms with Gasteiger partial charge in [-0.15, -0.1) is 0 Å². The minimum atomic E-state index is 0.673. The average molecular weight is 258 g/mol. The summed E-state index contributed by atoms with van der Waals surface area (Å²) < 4.78 is 3.27. The molecule has 4 heteroatoms. The Labute approximate surface area is 111 Å². The van der Waals surface area contributed by atoms with Crippen LogP contribution in [0.3, 0.4) is 0 Å². The molecule has 2 aromatic carbocycles. The summed E-state index contributed by atoms with van der Waals surface area (Å²) in [7, 11) is 0. The summed E-state index contributed by atoms with van der Waals surface area (Å²) >= 11 is 1.54. The number of amides is 1. The molecule has 0 saturated carbocycles. The normalized spacial score (nSPS) is 9.83. The Kier molecular flexibility index (Phi) is 4.25. The molecule has 0 bridgehead atoms. The first-order valence-electron chi connectivity index (χ1n) is 5.58. The van der Waals surface area contributed by atoms with Gasteiger partial charge in [-0.2, -0.15) is 0 Å². The number of aryl methyl sites for hydroxylation is 1. The van der Waals surface area contributed by atoms with Crippen molar-refractivity contribution in [1.29, 1.82) is 0 Å². The molecule has 0 spiro atoms. The number of anilines is 2. The molecule has 0 aromatic heterocycles. The zero-order chi connectivity index (χ0) is 12.8. The third-order valence-corrected chi connectivity index (χ3v) is 3.26. The Morgan fingerprint density at radius 1 is 0.944 bits per heavy atom. The van der Waals surface area contributed by atoms with Crippen molar-refractivity contribution in [2.75, 3.05) is 10.0 Å². The Balaban J connectivity index is 1.93. The fourth-order valence-corrected chi connectivity index (χ4v) is 2.07. The molecular weight excluding hydrogens is 244 g/mol. The van der Waals surface area contributed by atoms with E-state index in [4.69, 9.17) is 0 Å². The van der Waals surface area contributed by atoms with Crippen molar-refractivity contribution in [3.63, 3.8) is 0 Å². The molecule has 2 N–H and O–H groups in total. The lowest BCUT2D eigenvalue weighted by Gasteiger charge is -2.06. The van der Waals surface area contributed by atoms with Crippen LogP contribution in [-0.4, -0.2) is 6.41 Å². The lowest BCUT2D eigenvalue weighted by atomic mass is 10.2. The molecule has 0 fully saturated rings. The molecule has 2 rings (SSSR count). The van der Waals surface area contributed by atoms with Crippen LogP contribution in [0.2, 0.25) is 0 Å². The summed E-state index contributed by atoms with van der Waals surface area (Å²) in [6.07, 6.45) is 0.673. The molecule has 0 aliphatic carbocycles. The predicted octanol–water partition coefficient (Wildman–Crippen LogP) is 3.68. The predicted molar refractivity (Wildman–Crippen MR) is 76.8 cm³/mol. The number of nitrogens with one attached hydrogen (secondary N) is 2. The Morgan fingerprint density at radius 2 is 1.56 bits per heavy atom. The highest BCUT2D eigenvalue weighted by atomic mass is 32.2. The summed E-state index contributed by atoms with van der Waals surface area (Å²) in [5, 5.41) is 2.60. The van der Waals surface area contributed by atoms with Crippen molar-refractivity contribution >= 4 is 29.7 Å². The third kappa shape index (κ3) is 3.53. The largest absolute Gasteiger partial charge is 0.329 e. The van der Waals surface area contributed by atoms with Crippen molar-refractivity contribution < 1.29 is 4.79 Å². The van der Waals surface area contributed by atoms with Gasteiger partial charge >= 0.3 is 0 Å². The highest BCUT2D eigenvalue weighted by Crippen LogP contribution is 2.22. The van der Waals surface area contributed by atoms with E-state index in [0.717, 1.165) is 16.3 Å². The monoisotopic (exact) mass is 258 g/mol. The Bertz CT molecular complexity index is 508. The van der Waals surface area contributed by atoms with Crippen LogP contribution >= 0.6 is 11.9 Å². The van der Waals surface area contributed by atoms with Crippen molar-refractivity contribution in [2.45, 2.75) is 11.8 Å². The van der Waals surface area contributed by atoms with Crippen LogP contribution in [0.4, 0.5) is 11.4 Å². The molecule has 0 saturated heterocycles. The number of carbonyl (C=O) groups excluding carboxylic acids is 1. The number of hydrogen-bond donors (Lipinski definition) is 2. The van der Waals surface area contributed by atoms with Gasteiger partial charge in [-0.1, -0.05) is 17.7 Å². The minimum absolute atomic E-state index is 0.673. The highest BCUT2D eigenvalue weighted by molar-refractivity contribution is 8.00. The maximum atomic E-state index is 10.3. The first kappa shape index (κ1) is 12.5. The van der Waals surface area contributed by atoms with Crippen molar-refractivity contribution in [2.24, 2.45) is 0 Å². The summed E-state index contributed by atoms with van der Waals surface area (Å²) in [5.74, 6) is 0. The van der Waals surface area contributed by atoms with Crippen LogP contribution in [0.15, 0.2) is 53.4 Å². The molecule has 18 heavy (non-hydrogen) atoms. The molecule has 0 aliphatic rings. The SMILES string of the molecule is Cc1ccc(NSc2ccc(NC=O)cc2)cc1. The molecule has 1 amide bonds. The van der Waals surface area contributed by atoms with Crippen molar-refractivity contribution in [1.82, 2.24) is 0 Å². The summed E-state index contributed by atoms with van der Waals surface area (Å²) in [4.78, 5) is 11.4. The summed E-state index contributed by atoms with van der Waals surface area (Å²) in [6.45, 7) is 2.07. The highest BCUT2D eigenvalue weighted by Gasteiger charge is 1.96. The molecule has 2 aromatic rings. The van der Waals surface area contributed by atoms with Crippen LogP contribution in [0.5, 0.6) is 0 Å². The molecule has 3 nitrogen and oxygen atoms in total. The van der Waals surface area contributed by atoms with Gasteiger partial charge in [0, 0.05) is 16.3 Å². The molecule has 0 aliphatic heterocycles. The fourth-order valence-electron chi connectivity index (χ4n) is 1.43. The third-order valence-electron chi connectivity index (χ3n) is 2.42. The van der Waals surface area contributed by atoms with Gasteiger partial charge in [-0.05, 0) is 55.3 Å². The van der Waals surface area contributed by atoms with E-state index in [-0.39, 0.29) is 0 Å². The van der Waals surface area contributed by atoms with Gasteiger partial charge in [0.25, 0.3) is 0 Å². The standard InChI is InChI=1S/C14H14N2OS/c1-11-2-4-13(5-3-11)16-18-14-8-6-12(7-9-14)15-10-17/h2-10,16H,1H3,(H,15,17). The zero-order valence-corrected chi connectivity index (χ0v) is 10.8. The quantitative estimate of drug-likeness (QED) is 0.635. The van der Waals surface area contributed by atoms with E-state index in [0.29, 0.717) is 6.41 Å². The second kappa shape index (κ2) is 6.12. The Hall–Kier alpha value is -1.94. The number of rotatable bonds is 5. The molecule has 92 valence electrons. The van der Waals surface area contributed by atoms with E-state index in [1.807, 2.05) is 36.4 Å². The lowest BCUT2D eigenvalue weighted by molar-refractivity contribution is -0.105. The molecule has 0 heterocycles. The summed E-state index contributed by atoms with van der Waals surface area (Å²) in [5.41, 5.74) is 3.11. The van der Waals surface area contributed by atoms with Gasteiger partial charge < -0.3 is 10.0 Å². The van der Waals surface area contributed by atoms with Crippen LogP contribution in [0.1, 0.15) is 5.56 Å². The zero-order valence-electron chi connectivity index (χ0n) is 10.0. The molecule has 0 unspecified atom stereocenters. The van der Waals surface area contributed by atoms with E-state index in [1.54, 1.807) is 11.9 Å². The number of hydrogen-bond acceptors (Lipinski definition) is 3. The van der Waals surface area contributed by atoms with Gasteiger partial charge in [-0.25, -0.2) is 0 Å². The smallest absolute Gasteiger partial charge is 0.211 e. The topological polar surface area (TPSA) is 41.1 Å². The van der Waals surface area contributed by atoms with Crippen molar-refractivity contribution in [3.8, 4) is 0 Å². The lowest BCUT2D eigenvalue weighted by Crippen LogP contribution is -1.93. The van der Waals surface area contributed by atoms with Crippen LogP contribution in [-0.2, 0) is 4.79 Å². The average Bonchev–Trinajstić information content (AvgIpc) is 2.40. The minimum Gasteiger partial charge on any atom is -0.329 e. The van der Waals surface area contributed by atoms with E-state index >= 15 is 0 Å². The second-order valence-electron chi connectivity index (χ2n) is 3.86. The van der Waals surface area contributed by atoms with E-state index < -0.39 is 0 Å². The maximum absolute atomic E-state index is 10.3. The van der Waals surface area contributed by atoms with E-state index in [2.05, 4.69) is 29.1 Å². The Morgan fingerprint density at radius 3 is 2.17 bits per heavy atom. The van der Waals surface area contributed by atoms with Gasteiger partial charge in [-0.3, -0.25) is 4.79 Å². The van der Waals surface area contributed by atoms with Gasteiger partial charge in [0.15, 0.2) is 0 Å². The fraction of sp³-hybridized carbons (Fsp3) is 0.0714. The number of benzene rings is 2. The molecular formula is C14H14N2OS. The van der Waals surface area contributed by atoms with Gasteiger partial charge in [0.05, 0.1) is 0 Å². The molecule has 0 atom stereocenters. The van der Waals surface area contributed by atoms with Crippen LogP contribution < -0.4 is 10.0 Å². The maximum Gasteiger partial charge on any atom is 0.211 e. The van der Waals surface area contributed by atoms with Crippen molar-refractivity contribution in [3.05, 3.63) is 54.1 Å². The van der Waals surface area contributed by atoms with E-state index in [1.165, 1.54) is 5.56 Å². The number of carbonyl (C=O) groups is 1. The van der Waals surface area contributed by atoms with E-state index in [9.17, 15) is 4.79 Å². The van der Waals surface area contributed by atoms with Gasteiger partial charge in [0.1, 0.15) is 0 Å². The van der Waals surface area contributed by atoms with Crippen LogP contribution in [0, 0.1) is 6.92 Å². The first-order valence-corrected chi connectivity index (χ1v) is 6.39. The second-order valence-corrected chi connectivity index (χ2v) is 4.74. The van der Waals surface area contributed by atoms with Gasteiger partial charge in [0.2, 0.25) is 6.41 Å².